The molecule has 0 atom stereocenters. The number of nitrogens with zero attached hydrogens (tertiary/aromatic N) is 4. The molecule has 0 fully saturated rings. The van der Waals surface area contributed by atoms with E-state index in [0.717, 1.165) is 45.6 Å². The second-order valence-corrected chi connectivity index (χ2v) is 7.79. The second-order valence-electron chi connectivity index (χ2n) is 6.79. The van der Waals surface area contributed by atoms with Gasteiger partial charge in [0.25, 0.3) is 0 Å². The lowest BCUT2D eigenvalue weighted by Gasteiger charge is -2.16. The molecule has 4 rings (SSSR count). The summed E-state index contributed by atoms with van der Waals surface area (Å²) < 4.78 is 8.02. The summed E-state index contributed by atoms with van der Waals surface area (Å²) in [7, 11) is 0. The van der Waals surface area contributed by atoms with Crippen molar-refractivity contribution in [3.63, 3.8) is 0 Å². The van der Waals surface area contributed by atoms with Crippen LogP contribution in [0.5, 0.6) is 5.75 Å². The molecule has 1 aliphatic heterocycles. The van der Waals surface area contributed by atoms with Gasteiger partial charge >= 0.3 is 0 Å². The van der Waals surface area contributed by atoms with Gasteiger partial charge in [0.1, 0.15) is 29.5 Å². The number of carbonyl (C=O) groups excluding carboxylic acids is 1. The number of nitrogens with one attached hydrogen (secondary N) is 2. The van der Waals surface area contributed by atoms with Gasteiger partial charge in [0.15, 0.2) is 10.9 Å². The summed E-state index contributed by atoms with van der Waals surface area (Å²) in [5.41, 5.74) is 3.37. The van der Waals surface area contributed by atoms with Gasteiger partial charge in [-0.05, 0) is 32.9 Å². The largest absolute Gasteiger partial charge is 0.483 e. The average Bonchev–Trinajstić information content (AvgIpc) is 3.22. The number of ether oxygens (including phenoxy) is 1. The van der Waals surface area contributed by atoms with Crippen molar-refractivity contribution in [3.05, 3.63) is 24.0 Å². The fourth-order valence-electron chi connectivity index (χ4n) is 3.12. The number of rotatable bonds is 5. The normalized spacial score (nSPS) is 12.3. The van der Waals surface area contributed by atoms with Crippen LogP contribution in [0.4, 0.5) is 10.9 Å². The van der Waals surface area contributed by atoms with Crippen molar-refractivity contribution in [1.29, 1.82) is 0 Å². The molecule has 0 radical (unpaired) electrons. The third-order valence-electron chi connectivity index (χ3n) is 4.30. The molecule has 28 heavy (non-hydrogen) atoms. The molecule has 146 valence electrons. The number of carbonyl (C=O) groups is 1. The van der Waals surface area contributed by atoms with Crippen LogP contribution in [-0.2, 0) is 11.4 Å². The minimum absolute atomic E-state index is 0.136. The van der Waals surface area contributed by atoms with Crippen LogP contribution in [0.3, 0.4) is 0 Å². The number of anilines is 2. The Hall–Kier alpha value is -2.94. The number of hydrogen-bond donors (Lipinski definition) is 2. The minimum Gasteiger partial charge on any atom is -0.483 e. The lowest BCUT2D eigenvalue weighted by molar-refractivity contribution is -0.114. The van der Waals surface area contributed by atoms with Crippen LogP contribution in [-0.4, -0.2) is 32.2 Å². The van der Waals surface area contributed by atoms with Crippen molar-refractivity contribution in [2.75, 3.05) is 17.2 Å². The fourth-order valence-corrected chi connectivity index (χ4v) is 4.17. The summed E-state index contributed by atoms with van der Waals surface area (Å²) in [4.78, 5) is 21.3. The Bertz CT molecular complexity index is 1020. The van der Waals surface area contributed by atoms with Crippen LogP contribution in [0.15, 0.2) is 18.3 Å². The first kappa shape index (κ1) is 18.4. The van der Waals surface area contributed by atoms with Gasteiger partial charge in [-0.25, -0.2) is 9.97 Å². The highest BCUT2D eigenvalue weighted by molar-refractivity contribution is 7.19. The number of amides is 1. The summed E-state index contributed by atoms with van der Waals surface area (Å²) in [5.74, 6) is 1.42. The van der Waals surface area contributed by atoms with Gasteiger partial charge in [-0.2, -0.15) is 5.10 Å². The van der Waals surface area contributed by atoms with Crippen LogP contribution < -0.4 is 15.4 Å². The minimum atomic E-state index is -0.142. The number of aromatic nitrogens is 4. The average molecular weight is 398 g/mol. The van der Waals surface area contributed by atoms with E-state index in [2.05, 4.69) is 34.4 Å². The first-order valence-corrected chi connectivity index (χ1v) is 10.0. The van der Waals surface area contributed by atoms with Crippen LogP contribution in [0.2, 0.25) is 0 Å². The molecule has 0 saturated heterocycles. The molecule has 1 aliphatic rings. The number of pyridine rings is 1. The predicted molar refractivity (Wildman–Crippen MR) is 110 cm³/mol. The Morgan fingerprint density at radius 1 is 1.39 bits per heavy atom. The summed E-state index contributed by atoms with van der Waals surface area (Å²) in [5, 5.41) is 11.4. The molecule has 1 amide bonds. The maximum Gasteiger partial charge on any atom is 0.223 e. The van der Waals surface area contributed by atoms with E-state index in [-0.39, 0.29) is 11.9 Å². The zero-order chi connectivity index (χ0) is 19.8. The first-order valence-electron chi connectivity index (χ1n) is 9.21. The Morgan fingerprint density at radius 3 is 2.86 bits per heavy atom. The molecule has 0 spiro atoms. The maximum atomic E-state index is 11.4. The van der Waals surface area contributed by atoms with Crippen LogP contribution in [0.1, 0.15) is 39.4 Å². The highest BCUT2D eigenvalue weighted by Crippen LogP contribution is 2.47. The molecule has 0 aromatic carbocycles. The molecule has 3 aromatic rings. The van der Waals surface area contributed by atoms with Gasteiger partial charge in [-0.15, -0.1) is 0 Å². The van der Waals surface area contributed by atoms with Crippen molar-refractivity contribution in [1.82, 2.24) is 19.7 Å². The Labute approximate surface area is 167 Å². The summed E-state index contributed by atoms with van der Waals surface area (Å²) in [6.45, 7) is 8.83. The molecule has 0 saturated carbocycles. The lowest BCUT2D eigenvalue weighted by Crippen LogP contribution is -2.09. The van der Waals surface area contributed by atoms with Crippen molar-refractivity contribution < 1.29 is 9.53 Å². The summed E-state index contributed by atoms with van der Waals surface area (Å²) in [6.07, 6.45) is 1.81. The topological polar surface area (TPSA) is 94.0 Å². The van der Waals surface area contributed by atoms with Crippen molar-refractivity contribution in [2.45, 2.75) is 40.3 Å². The third kappa shape index (κ3) is 3.22. The lowest BCUT2D eigenvalue weighted by atomic mass is 10.1. The zero-order valence-electron chi connectivity index (χ0n) is 16.2. The monoisotopic (exact) mass is 398 g/mol. The fraction of sp³-hybridized carbons (Fsp3) is 0.368. The van der Waals surface area contributed by atoms with E-state index in [0.29, 0.717) is 11.7 Å². The van der Waals surface area contributed by atoms with Gasteiger partial charge in [0, 0.05) is 31.3 Å². The predicted octanol–water partition coefficient (Wildman–Crippen LogP) is 3.93. The quantitative estimate of drug-likeness (QED) is 0.676. The second kappa shape index (κ2) is 7.23. The Kier molecular flexibility index (Phi) is 4.76. The van der Waals surface area contributed by atoms with Crippen molar-refractivity contribution in [2.24, 2.45) is 0 Å². The van der Waals surface area contributed by atoms with Gasteiger partial charge in [-0.1, -0.05) is 11.3 Å². The Morgan fingerprint density at radius 2 is 2.21 bits per heavy atom. The SMILES string of the molecule is CCNc1ccc(-c2nn(C(C)C)c3c2OCc2nc(NC(C)=O)sc2-3)cn1. The molecule has 9 heteroatoms. The highest BCUT2D eigenvalue weighted by atomic mass is 32.1. The summed E-state index contributed by atoms with van der Waals surface area (Å²) in [6, 6.07) is 4.07. The van der Waals surface area contributed by atoms with Crippen LogP contribution in [0.25, 0.3) is 21.8 Å². The van der Waals surface area contributed by atoms with E-state index < -0.39 is 0 Å². The maximum absolute atomic E-state index is 11.4. The number of thiazole rings is 1. The van der Waals surface area contributed by atoms with E-state index in [4.69, 9.17) is 9.84 Å². The molecule has 8 nitrogen and oxygen atoms in total. The van der Waals surface area contributed by atoms with Crippen molar-refractivity contribution in [3.8, 4) is 27.6 Å². The highest BCUT2D eigenvalue weighted by Gasteiger charge is 2.31. The van der Waals surface area contributed by atoms with Gasteiger partial charge in [-0.3, -0.25) is 9.48 Å². The molecule has 0 unspecified atom stereocenters. The molecule has 2 N–H and O–H groups in total. The molecule has 4 heterocycles. The summed E-state index contributed by atoms with van der Waals surface area (Å²) >= 11 is 1.45. The Balaban J connectivity index is 1.81. The van der Waals surface area contributed by atoms with Gasteiger partial charge in [0.2, 0.25) is 5.91 Å². The molecule has 0 bridgehead atoms. The third-order valence-corrected chi connectivity index (χ3v) is 5.32. The molecule has 3 aromatic heterocycles. The van der Waals surface area contributed by atoms with Gasteiger partial charge in [0.05, 0.1) is 4.88 Å². The van der Waals surface area contributed by atoms with E-state index >= 15 is 0 Å². The molecular formula is C19H22N6O2S. The van der Waals surface area contributed by atoms with E-state index in [1.54, 1.807) is 6.20 Å². The molecule has 0 aliphatic carbocycles. The van der Waals surface area contributed by atoms with Crippen LogP contribution >= 0.6 is 11.3 Å². The van der Waals surface area contributed by atoms with E-state index in [9.17, 15) is 4.79 Å². The number of hydrogen-bond acceptors (Lipinski definition) is 7. The smallest absolute Gasteiger partial charge is 0.223 e. The van der Waals surface area contributed by atoms with E-state index in [1.165, 1.54) is 18.3 Å². The molecular weight excluding hydrogens is 376 g/mol. The van der Waals surface area contributed by atoms with Crippen molar-refractivity contribution >= 4 is 28.2 Å². The van der Waals surface area contributed by atoms with E-state index in [1.807, 2.05) is 23.7 Å². The first-order chi connectivity index (χ1) is 13.5. The van der Waals surface area contributed by atoms with Gasteiger partial charge < -0.3 is 15.4 Å². The number of fused-ring (bicyclic) bond motifs is 3. The van der Waals surface area contributed by atoms with Crippen LogP contribution in [0, 0.1) is 0 Å². The zero-order valence-corrected chi connectivity index (χ0v) is 17.1. The standard InChI is InChI=1S/C19H22N6O2S/c1-5-20-14-7-6-12(8-21-14)15-17-16(25(24-15)10(2)3)18-13(9-27-17)23-19(28-18)22-11(4)26/h6-8,10H,5,9H2,1-4H3,(H,20,21)(H,22,23,26).